The topological polar surface area (TPSA) is 85.1 Å². The molecule has 0 aliphatic carbocycles. The number of nitrogens with zero attached hydrogens (tertiary/aromatic N) is 2. The Kier molecular flexibility index (Phi) is 4.38. The molecule has 3 rings (SSSR count). The lowest BCUT2D eigenvalue weighted by Crippen LogP contribution is -2.52. The molecule has 7 heteroatoms. The lowest BCUT2D eigenvalue weighted by atomic mass is 10.1. The molecular weight excluding hydrogens is 298 g/mol. The monoisotopic (exact) mass is 319 g/mol. The molecule has 2 aliphatic rings. The average Bonchev–Trinajstić information content (AvgIpc) is 2.58. The molecule has 7 nitrogen and oxygen atoms in total. The van der Waals surface area contributed by atoms with Gasteiger partial charge in [-0.05, 0) is 24.6 Å². The van der Waals surface area contributed by atoms with E-state index in [1.54, 1.807) is 23.1 Å². The van der Waals surface area contributed by atoms with Gasteiger partial charge in [0.1, 0.15) is 12.3 Å². The smallest absolute Gasteiger partial charge is 0.268 e. The minimum atomic E-state index is -0.566. The zero-order valence-electron chi connectivity index (χ0n) is 13.2. The van der Waals surface area contributed by atoms with E-state index < -0.39 is 6.10 Å². The van der Waals surface area contributed by atoms with E-state index >= 15 is 0 Å². The maximum absolute atomic E-state index is 12.6. The molecule has 124 valence electrons. The highest BCUT2D eigenvalue weighted by atomic mass is 16.5. The molecule has 1 atom stereocenters. The summed E-state index contributed by atoms with van der Waals surface area (Å²) in [5, 5.41) is 0. The first kappa shape index (κ1) is 15.6. The van der Waals surface area contributed by atoms with E-state index in [4.69, 9.17) is 15.2 Å². The molecule has 2 N–H and O–H groups in total. The molecule has 0 spiro atoms. The number of benzene rings is 1. The Hall–Kier alpha value is -2.28. The van der Waals surface area contributed by atoms with Crippen LogP contribution >= 0.6 is 0 Å². The molecule has 0 bridgehead atoms. The summed E-state index contributed by atoms with van der Waals surface area (Å²) in [6.45, 7) is 4.05. The number of carbonyl (C=O) groups excluding carboxylic acids is 2. The predicted molar refractivity (Wildman–Crippen MR) is 85.3 cm³/mol. The van der Waals surface area contributed by atoms with Crippen LogP contribution in [-0.2, 0) is 14.3 Å². The Morgan fingerprint density at radius 3 is 2.78 bits per heavy atom. The van der Waals surface area contributed by atoms with Gasteiger partial charge in [0.05, 0.1) is 18.9 Å². The average molecular weight is 319 g/mol. The molecule has 2 amide bonds. The molecule has 2 aliphatic heterocycles. The third kappa shape index (κ3) is 3.10. The predicted octanol–water partition coefficient (Wildman–Crippen LogP) is 0.632. The summed E-state index contributed by atoms with van der Waals surface area (Å²) >= 11 is 0. The van der Waals surface area contributed by atoms with Gasteiger partial charge in [0.2, 0.25) is 5.91 Å². The molecule has 1 aromatic rings. The van der Waals surface area contributed by atoms with E-state index in [9.17, 15) is 9.59 Å². The number of fused-ring (bicyclic) bond motifs is 1. The van der Waals surface area contributed by atoms with E-state index in [-0.39, 0.29) is 18.4 Å². The molecule has 0 aromatic heterocycles. The third-order valence-electron chi connectivity index (χ3n) is 4.11. The van der Waals surface area contributed by atoms with Crippen molar-refractivity contribution in [3.63, 3.8) is 0 Å². The Balaban J connectivity index is 1.85. The first-order chi connectivity index (χ1) is 11.1. The number of ether oxygens (including phenoxy) is 2. The van der Waals surface area contributed by atoms with Crippen molar-refractivity contribution in [3.8, 4) is 5.75 Å². The number of nitrogen functional groups attached to an aromatic ring is 1. The highest BCUT2D eigenvalue weighted by Crippen LogP contribution is 2.36. The van der Waals surface area contributed by atoms with Crippen LogP contribution in [0.5, 0.6) is 5.75 Å². The lowest BCUT2D eigenvalue weighted by Gasteiger charge is -2.35. The van der Waals surface area contributed by atoms with Crippen LogP contribution < -0.4 is 15.4 Å². The highest BCUT2D eigenvalue weighted by Gasteiger charge is 2.35. The van der Waals surface area contributed by atoms with Gasteiger partial charge in [0, 0.05) is 18.8 Å². The highest BCUT2D eigenvalue weighted by molar-refractivity contribution is 6.04. The second-order valence-corrected chi connectivity index (χ2v) is 5.66. The van der Waals surface area contributed by atoms with Crippen LogP contribution in [0.2, 0.25) is 0 Å². The summed E-state index contributed by atoms with van der Waals surface area (Å²) in [5.74, 6) is 0.291. The van der Waals surface area contributed by atoms with Crippen LogP contribution in [0.1, 0.15) is 13.3 Å². The summed E-state index contributed by atoms with van der Waals surface area (Å²) in [5.41, 5.74) is 6.91. The second-order valence-electron chi connectivity index (χ2n) is 5.66. The number of hydrogen-bond acceptors (Lipinski definition) is 5. The molecule has 1 unspecified atom stereocenters. The van der Waals surface area contributed by atoms with E-state index in [1.807, 2.05) is 6.92 Å². The van der Waals surface area contributed by atoms with E-state index in [0.717, 1.165) is 0 Å². The van der Waals surface area contributed by atoms with Crippen LogP contribution in [0.3, 0.4) is 0 Å². The van der Waals surface area contributed by atoms with Crippen molar-refractivity contribution in [1.29, 1.82) is 0 Å². The normalized spacial score (nSPS) is 20.9. The van der Waals surface area contributed by atoms with Crippen molar-refractivity contribution in [2.45, 2.75) is 19.4 Å². The van der Waals surface area contributed by atoms with Gasteiger partial charge in [-0.15, -0.1) is 0 Å². The summed E-state index contributed by atoms with van der Waals surface area (Å²) < 4.78 is 11.0. The number of nitrogens with two attached hydrogens (primary N) is 1. The van der Waals surface area contributed by atoms with Gasteiger partial charge in [0.25, 0.3) is 5.91 Å². The number of anilines is 2. The van der Waals surface area contributed by atoms with Crippen molar-refractivity contribution in [3.05, 3.63) is 18.2 Å². The van der Waals surface area contributed by atoms with Crippen LogP contribution in [0.4, 0.5) is 11.4 Å². The largest absolute Gasteiger partial charge is 0.478 e. The fourth-order valence-electron chi connectivity index (χ4n) is 2.81. The molecule has 1 saturated heterocycles. The van der Waals surface area contributed by atoms with Gasteiger partial charge in [-0.25, -0.2) is 0 Å². The summed E-state index contributed by atoms with van der Waals surface area (Å²) in [7, 11) is 0. The Morgan fingerprint density at radius 1 is 1.35 bits per heavy atom. The molecule has 0 saturated carbocycles. The van der Waals surface area contributed by atoms with Crippen molar-refractivity contribution in [2.24, 2.45) is 0 Å². The zero-order valence-corrected chi connectivity index (χ0v) is 13.2. The van der Waals surface area contributed by atoms with Crippen molar-refractivity contribution in [2.75, 3.05) is 43.5 Å². The minimum Gasteiger partial charge on any atom is -0.478 e. The second kappa shape index (κ2) is 6.45. The van der Waals surface area contributed by atoms with Gasteiger partial charge < -0.3 is 20.1 Å². The minimum absolute atomic E-state index is 0.00481. The standard InChI is InChI=1S/C16H21N3O4/c1-2-13-16(21)19(10-15(20)18-5-7-22-8-6-18)12-9-11(17)3-4-14(12)23-13/h3-4,9,13H,2,5-8,10,17H2,1H3. The molecule has 1 aromatic carbocycles. The molecular formula is C16H21N3O4. The summed E-state index contributed by atoms with van der Waals surface area (Å²) in [6, 6.07) is 5.14. The molecule has 2 heterocycles. The maximum atomic E-state index is 12.6. The SMILES string of the molecule is CCC1Oc2ccc(N)cc2N(CC(=O)N2CCOCC2)C1=O. The zero-order chi connectivity index (χ0) is 16.4. The maximum Gasteiger partial charge on any atom is 0.268 e. The fourth-order valence-corrected chi connectivity index (χ4v) is 2.81. The van der Waals surface area contributed by atoms with Crippen LogP contribution in [0, 0.1) is 0 Å². The van der Waals surface area contributed by atoms with Gasteiger partial charge in [0.15, 0.2) is 6.10 Å². The van der Waals surface area contributed by atoms with E-state index in [0.29, 0.717) is 49.8 Å². The molecule has 0 radical (unpaired) electrons. The molecule has 1 fully saturated rings. The van der Waals surface area contributed by atoms with Gasteiger partial charge in [-0.1, -0.05) is 6.92 Å². The Morgan fingerprint density at radius 2 is 2.09 bits per heavy atom. The number of carbonyl (C=O) groups is 2. The first-order valence-corrected chi connectivity index (χ1v) is 7.83. The first-order valence-electron chi connectivity index (χ1n) is 7.83. The van der Waals surface area contributed by atoms with Gasteiger partial charge >= 0.3 is 0 Å². The Labute approximate surface area is 134 Å². The number of rotatable bonds is 3. The van der Waals surface area contributed by atoms with Crippen LogP contribution in [0.25, 0.3) is 0 Å². The van der Waals surface area contributed by atoms with Gasteiger partial charge in [-0.2, -0.15) is 0 Å². The summed E-state index contributed by atoms with van der Waals surface area (Å²) in [4.78, 5) is 28.3. The number of morpholine rings is 1. The van der Waals surface area contributed by atoms with E-state index in [2.05, 4.69) is 0 Å². The molecule has 23 heavy (non-hydrogen) atoms. The van der Waals surface area contributed by atoms with Crippen molar-refractivity contribution >= 4 is 23.2 Å². The lowest BCUT2D eigenvalue weighted by molar-refractivity contribution is -0.136. The third-order valence-corrected chi connectivity index (χ3v) is 4.11. The fraction of sp³-hybridized carbons (Fsp3) is 0.500. The van der Waals surface area contributed by atoms with E-state index in [1.165, 1.54) is 4.90 Å². The number of hydrogen-bond donors (Lipinski definition) is 1. The van der Waals surface area contributed by atoms with Crippen LogP contribution in [-0.4, -0.2) is 55.7 Å². The Bertz CT molecular complexity index is 613. The quantitative estimate of drug-likeness (QED) is 0.826. The van der Waals surface area contributed by atoms with Gasteiger partial charge in [-0.3, -0.25) is 14.5 Å². The van der Waals surface area contributed by atoms with Crippen molar-refractivity contribution < 1.29 is 19.1 Å². The van der Waals surface area contributed by atoms with Crippen LogP contribution in [0.15, 0.2) is 18.2 Å². The summed E-state index contributed by atoms with van der Waals surface area (Å²) in [6.07, 6.45) is -0.0196. The van der Waals surface area contributed by atoms with Crippen molar-refractivity contribution in [1.82, 2.24) is 4.90 Å². The number of amides is 2.